The van der Waals surface area contributed by atoms with Gasteiger partial charge in [0, 0.05) is 24.4 Å². The van der Waals surface area contributed by atoms with Crippen molar-refractivity contribution in [3.63, 3.8) is 0 Å². The fourth-order valence-corrected chi connectivity index (χ4v) is 2.25. The molecule has 6 heteroatoms. The smallest absolute Gasteiger partial charge is 0.328 e. The van der Waals surface area contributed by atoms with E-state index in [1.165, 1.54) is 6.08 Å². The second kappa shape index (κ2) is 6.90. The number of nitrogens with zero attached hydrogens (tertiary/aromatic N) is 1. The van der Waals surface area contributed by atoms with Crippen molar-refractivity contribution in [3.05, 3.63) is 35.9 Å². The number of hydrogen-bond donors (Lipinski definition) is 3. The average Bonchev–Trinajstić information content (AvgIpc) is 2.83. The van der Waals surface area contributed by atoms with Gasteiger partial charge in [0.05, 0.1) is 0 Å². The summed E-state index contributed by atoms with van der Waals surface area (Å²) in [5.41, 5.74) is 1.44. The Kier molecular flexibility index (Phi) is 4.94. The Bertz CT molecular complexity index is 540. The van der Waals surface area contributed by atoms with E-state index in [4.69, 9.17) is 5.11 Å². The van der Waals surface area contributed by atoms with Gasteiger partial charge in [0.25, 0.3) is 0 Å². The van der Waals surface area contributed by atoms with E-state index in [9.17, 15) is 9.59 Å². The Morgan fingerprint density at radius 3 is 2.62 bits per heavy atom. The molecule has 1 fully saturated rings. The third-order valence-corrected chi connectivity index (χ3v) is 3.31. The van der Waals surface area contributed by atoms with Crippen molar-refractivity contribution in [2.75, 3.05) is 25.5 Å². The van der Waals surface area contributed by atoms with Crippen LogP contribution in [0.5, 0.6) is 0 Å². The van der Waals surface area contributed by atoms with Crippen LogP contribution in [-0.4, -0.2) is 48.2 Å². The molecule has 1 aliphatic heterocycles. The third kappa shape index (κ3) is 4.92. The minimum atomic E-state index is -0.988. The highest BCUT2D eigenvalue weighted by atomic mass is 16.4. The molecule has 1 aromatic carbocycles. The van der Waals surface area contributed by atoms with Crippen molar-refractivity contribution in [3.8, 4) is 0 Å². The van der Waals surface area contributed by atoms with Gasteiger partial charge in [-0.1, -0.05) is 12.1 Å². The predicted octanol–water partition coefficient (Wildman–Crippen LogP) is 1.61. The van der Waals surface area contributed by atoms with Gasteiger partial charge >= 0.3 is 12.0 Å². The summed E-state index contributed by atoms with van der Waals surface area (Å²) in [4.78, 5) is 24.4. The molecule has 1 saturated heterocycles. The number of hydrogen-bond acceptors (Lipinski definition) is 3. The average molecular weight is 289 g/mol. The minimum absolute atomic E-state index is 0.188. The van der Waals surface area contributed by atoms with E-state index < -0.39 is 5.97 Å². The molecule has 6 nitrogen and oxygen atoms in total. The van der Waals surface area contributed by atoms with Crippen molar-refractivity contribution in [2.45, 2.75) is 12.5 Å². The number of carbonyl (C=O) groups is 2. The van der Waals surface area contributed by atoms with E-state index in [1.807, 2.05) is 7.05 Å². The maximum atomic E-state index is 11.8. The number of urea groups is 1. The first kappa shape index (κ1) is 15.1. The van der Waals surface area contributed by atoms with Crippen LogP contribution in [0.4, 0.5) is 10.5 Å². The molecule has 2 amide bonds. The van der Waals surface area contributed by atoms with Crippen LogP contribution < -0.4 is 10.6 Å². The maximum Gasteiger partial charge on any atom is 0.328 e. The lowest BCUT2D eigenvalue weighted by atomic mass is 10.2. The van der Waals surface area contributed by atoms with E-state index in [2.05, 4.69) is 15.5 Å². The highest BCUT2D eigenvalue weighted by Gasteiger charge is 2.20. The van der Waals surface area contributed by atoms with Crippen LogP contribution in [0.2, 0.25) is 0 Å². The fourth-order valence-electron chi connectivity index (χ4n) is 2.25. The van der Waals surface area contributed by atoms with Crippen molar-refractivity contribution in [1.29, 1.82) is 0 Å². The number of carboxylic acid groups (broad SMARTS) is 1. The number of nitrogens with one attached hydrogen (secondary N) is 2. The monoisotopic (exact) mass is 289 g/mol. The Morgan fingerprint density at radius 1 is 1.33 bits per heavy atom. The molecular weight excluding hydrogens is 270 g/mol. The number of likely N-dealkylation sites (N-methyl/N-ethyl adjacent to an activating group) is 1. The molecule has 0 aliphatic carbocycles. The molecular formula is C15H19N3O3. The molecule has 1 aliphatic rings. The standard InChI is InChI=1S/C15H19N3O3/c1-18-9-8-13(10-18)17-15(21)16-12-5-2-11(3-6-12)4-7-14(19)20/h2-7,13H,8-10H2,1H3,(H,19,20)(H2,16,17,21). The van der Waals surface area contributed by atoms with Crippen LogP contribution in [0.25, 0.3) is 6.08 Å². The van der Waals surface area contributed by atoms with Crippen LogP contribution in [0.15, 0.2) is 30.3 Å². The van der Waals surface area contributed by atoms with Crippen molar-refractivity contribution < 1.29 is 14.7 Å². The van der Waals surface area contributed by atoms with Crippen LogP contribution in [0, 0.1) is 0 Å². The molecule has 0 aromatic heterocycles. The van der Waals surface area contributed by atoms with Gasteiger partial charge < -0.3 is 20.6 Å². The summed E-state index contributed by atoms with van der Waals surface area (Å²) in [5.74, 6) is -0.988. The summed E-state index contributed by atoms with van der Waals surface area (Å²) < 4.78 is 0. The van der Waals surface area contributed by atoms with Gasteiger partial charge in [-0.05, 0) is 43.8 Å². The van der Waals surface area contributed by atoms with Crippen LogP contribution in [0.1, 0.15) is 12.0 Å². The van der Waals surface area contributed by atoms with Gasteiger partial charge in [-0.2, -0.15) is 0 Å². The number of aliphatic carboxylic acids is 1. The Hall–Kier alpha value is -2.34. The lowest BCUT2D eigenvalue weighted by Crippen LogP contribution is -2.39. The molecule has 1 aromatic rings. The van der Waals surface area contributed by atoms with E-state index in [0.717, 1.165) is 31.1 Å². The highest BCUT2D eigenvalue weighted by molar-refractivity contribution is 5.90. The van der Waals surface area contributed by atoms with Crippen LogP contribution >= 0.6 is 0 Å². The molecule has 3 N–H and O–H groups in total. The van der Waals surface area contributed by atoms with E-state index in [0.29, 0.717) is 5.69 Å². The Balaban J connectivity index is 1.85. The van der Waals surface area contributed by atoms with E-state index in [1.54, 1.807) is 24.3 Å². The summed E-state index contributed by atoms with van der Waals surface area (Å²) in [5, 5.41) is 14.2. The van der Waals surface area contributed by atoms with Gasteiger partial charge in [-0.15, -0.1) is 0 Å². The normalized spacial score (nSPS) is 18.8. The summed E-state index contributed by atoms with van der Waals surface area (Å²) in [6.07, 6.45) is 3.54. The number of amides is 2. The van der Waals surface area contributed by atoms with Gasteiger partial charge in [-0.3, -0.25) is 0 Å². The lowest BCUT2D eigenvalue weighted by Gasteiger charge is -2.13. The Labute approximate surface area is 123 Å². The van der Waals surface area contributed by atoms with Gasteiger partial charge in [0.2, 0.25) is 0 Å². The lowest BCUT2D eigenvalue weighted by molar-refractivity contribution is -0.131. The molecule has 1 heterocycles. The van der Waals surface area contributed by atoms with Crippen molar-refractivity contribution in [2.24, 2.45) is 0 Å². The van der Waals surface area contributed by atoms with Crippen molar-refractivity contribution in [1.82, 2.24) is 10.2 Å². The number of likely N-dealkylation sites (tertiary alicyclic amines) is 1. The minimum Gasteiger partial charge on any atom is -0.478 e. The Morgan fingerprint density at radius 2 is 2.05 bits per heavy atom. The zero-order valence-electron chi connectivity index (χ0n) is 11.9. The summed E-state index contributed by atoms with van der Waals surface area (Å²) in [7, 11) is 2.03. The largest absolute Gasteiger partial charge is 0.478 e. The molecule has 1 unspecified atom stereocenters. The maximum absolute atomic E-state index is 11.8. The van der Waals surface area contributed by atoms with Crippen molar-refractivity contribution >= 4 is 23.8 Å². The quantitative estimate of drug-likeness (QED) is 0.736. The number of carboxylic acids is 1. The number of carbonyl (C=O) groups excluding carboxylic acids is 1. The first-order valence-corrected chi connectivity index (χ1v) is 6.80. The molecule has 0 radical (unpaired) electrons. The molecule has 21 heavy (non-hydrogen) atoms. The van der Waals surface area contributed by atoms with Crippen LogP contribution in [0.3, 0.4) is 0 Å². The van der Waals surface area contributed by atoms with Gasteiger partial charge in [-0.25, -0.2) is 9.59 Å². The van der Waals surface area contributed by atoms with Gasteiger partial charge in [0.1, 0.15) is 0 Å². The molecule has 2 rings (SSSR count). The topological polar surface area (TPSA) is 81.7 Å². The molecule has 112 valence electrons. The second-order valence-electron chi connectivity index (χ2n) is 5.14. The first-order chi connectivity index (χ1) is 10.0. The summed E-state index contributed by atoms with van der Waals surface area (Å²) in [6, 6.07) is 6.94. The summed E-state index contributed by atoms with van der Waals surface area (Å²) >= 11 is 0. The zero-order chi connectivity index (χ0) is 15.2. The summed E-state index contributed by atoms with van der Waals surface area (Å²) in [6.45, 7) is 1.86. The van der Waals surface area contributed by atoms with E-state index in [-0.39, 0.29) is 12.1 Å². The number of anilines is 1. The highest BCUT2D eigenvalue weighted by Crippen LogP contribution is 2.11. The van der Waals surface area contributed by atoms with Crippen LogP contribution in [-0.2, 0) is 4.79 Å². The third-order valence-electron chi connectivity index (χ3n) is 3.31. The molecule has 0 saturated carbocycles. The SMILES string of the molecule is CN1CCC(NC(=O)Nc2ccc(C=CC(=O)O)cc2)C1. The van der Waals surface area contributed by atoms with E-state index >= 15 is 0 Å². The molecule has 0 spiro atoms. The first-order valence-electron chi connectivity index (χ1n) is 6.80. The van der Waals surface area contributed by atoms with Gasteiger partial charge in [0.15, 0.2) is 0 Å². The number of rotatable bonds is 4. The molecule has 0 bridgehead atoms. The zero-order valence-corrected chi connectivity index (χ0v) is 11.9. The second-order valence-corrected chi connectivity index (χ2v) is 5.14. The predicted molar refractivity (Wildman–Crippen MR) is 81.2 cm³/mol. The number of benzene rings is 1. The fraction of sp³-hybridized carbons (Fsp3) is 0.333. The molecule has 1 atom stereocenters.